The van der Waals surface area contributed by atoms with Crippen molar-refractivity contribution in [2.75, 3.05) is 11.6 Å². The minimum Gasteiger partial charge on any atom is -0.290 e. The average Bonchev–Trinajstić information content (AvgIpc) is 3.28. The van der Waals surface area contributed by atoms with Crippen molar-refractivity contribution < 1.29 is 13.2 Å². The Bertz CT molecular complexity index is 1240. The van der Waals surface area contributed by atoms with Gasteiger partial charge in [0.15, 0.2) is 9.84 Å². The third-order valence-electron chi connectivity index (χ3n) is 4.06. The lowest BCUT2D eigenvalue weighted by Gasteiger charge is -2.10. The first-order valence-corrected chi connectivity index (χ1v) is 9.91. The molecule has 0 spiro atoms. The lowest BCUT2D eigenvalue weighted by Crippen LogP contribution is -2.22. The minimum atomic E-state index is -3.28. The topological polar surface area (TPSA) is 98.9 Å². The lowest BCUT2D eigenvalue weighted by atomic mass is 10.3. The largest absolute Gasteiger partial charge is 0.348 e. The number of fused-ring (bicyclic) bond motifs is 1. The van der Waals surface area contributed by atoms with Crippen molar-refractivity contribution in [2.45, 2.75) is 4.90 Å². The quantitative estimate of drug-likeness (QED) is 0.588. The smallest absolute Gasteiger partial charge is 0.290 e. The maximum atomic E-state index is 12.6. The Balaban J connectivity index is 1.63. The molecule has 4 rings (SSSR count). The molecule has 0 bridgehead atoms. The fourth-order valence-electron chi connectivity index (χ4n) is 2.73. The van der Waals surface area contributed by atoms with E-state index in [1.807, 2.05) is 24.3 Å². The van der Waals surface area contributed by atoms with E-state index >= 15 is 0 Å². The number of carbonyl (C=O) groups excluding carboxylic acids is 1. The highest BCUT2D eigenvalue weighted by Crippen LogP contribution is 2.19. The summed E-state index contributed by atoms with van der Waals surface area (Å²) in [4.78, 5) is 12.8. The van der Waals surface area contributed by atoms with Crippen LogP contribution in [0.5, 0.6) is 0 Å². The summed E-state index contributed by atoms with van der Waals surface area (Å²) in [7, 11) is -3.28. The van der Waals surface area contributed by atoms with Gasteiger partial charge in [0.05, 0.1) is 28.5 Å². The minimum absolute atomic E-state index is 0.215. The van der Waals surface area contributed by atoms with Crippen molar-refractivity contribution >= 4 is 32.6 Å². The maximum absolute atomic E-state index is 12.6. The van der Waals surface area contributed by atoms with Gasteiger partial charge in [-0.1, -0.05) is 18.2 Å². The van der Waals surface area contributed by atoms with Gasteiger partial charge in [0.2, 0.25) is 0 Å². The molecule has 1 amide bonds. The average molecular weight is 381 g/mol. The Morgan fingerprint density at radius 3 is 2.48 bits per heavy atom. The molecule has 0 aliphatic heterocycles. The van der Waals surface area contributed by atoms with Gasteiger partial charge in [0.1, 0.15) is 5.82 Å². The Kier molecular flexibility index (Phi) is 4.00. The summed E-state index contributed by atoms with van der Waals surface area (Å²) in [5.41, 5.74) is 1.31. The predicted octanol–water partition coefficient (Wildman–Crippen LogP) is 2.71. The molecule has 2 heterocycles. The van der Waals surface area contributed by atoms with Crippen LogP contribution in [-0.4, -0.2) is 40.3 Å². The van der Waals surface area contributed by atoms with Crippen molar-refractivity contribution in [1.82, 2.24) is 19.6 Å². The SMILES string of the molecule is CS(=O)(=O)c1ccc(-n2nccc2NC(=O)n2ncc3ccccc32)cc1. The van der Waals surface area contributed by atoms with E-state index in [4.69, 9.17) is 0 Å². The summed E-state index contributed by atoms with van der Waals surface area (Å²) in [6, 6.07) is 14.9. The molecule has 2 aromatic carbocycles. The van der Waals surface area contributed by atoms with Gasteiger partial charge in [-0.25, -0.2) is 17.9 Å². The molecule has 4 aromatic rings. The van der Waals surface area contributed by atoms with E-state index in [0.717, 1.165) is 11.6 Å². The summed E-state index contributed by atoms with van der Waals surface area (Å²) in [5.74, 6) is 0.437. The number of amides is 1. The highest BCUT2D eigenvalue weighted by molar-refractivity contribution is 7.90. The lowest BCUT2D eigenvalue weighted by molar-refractivity contribution is 0.251. The first-order chi connectivity index (χ1) is 12.9. The zero-order valence-electron chi connectivity index (χ0n) is 14.3. The number of rotatable bonds is 3. The molecule has 27 heavy (non-hydrogen) atoms. The number of sulfone groups is 1. The third-order valence-corrected chi connectivity index (χ3v) is 5.19. The number of anilines is 1. The van der Waals surface area contributed by atoms with Crippen LogP contribution in [0.1, 0.15) is 0 Å². The summed E-state index contributed by atoms with van der Waals surface area (Å²) in [6.45, 7) is 0. The molecule has 0 fully saturated rings. The number of para-hydroxylation sites is 1. The van der Waals surface area contributed by atoms with E-state index in [0.29, 0.717) is 17.0 Å². The van der Waals surface area contributed by atoms with E-state index in [1.165, 1.54) is 21.5 Å². The third kappa shape index (κ3) is 3.20. The number of carbonyl (C=O) groups is 1. The molecule has 2 aromatic heterocycles. The molecule has 0 saturated carbocycles. The number of hydrogen-bond donors (Lipinski definition) is 1. The molecule has 0 saturated heterocycles. The monoisotopic (exact) mass is 381 g/mol. The molecular weight excluding hydrogens is 366 g/mol. The number of aromatic nitrogens is 4. The number of nitrogens with one attached hydrogen (secondary N) is 1. The van der Waals surface area contributed by atoms with Crippen LogP contribution in [0.3, 0.4) is 0 Å². The molecular formula is C18H15N5O3S. The van der Waals surface area contributed by atoms with Gasteiger partial charge in [-0.3, -0.25) is 5.32 Å². The molecule has 136 valence electrons. The van der Waals surface area contributed by atoms with Gasteiger partial charge >= 0.3 is 6.03 Å². The number of hydrogen-bond acceptors (Lipinski definition) is 5. The molecule has 0 atom stereocenters. The van der Waals surface area contributed by atoms with E-state index in [2.05, 4.69) is 15.5 Å². The summed E-state index contributed by atoms with van der Waals surface area (Å²) >= 11 is 0. The molecule has 0 aliphatic rings. The van der Waals surface area contributed by atoms with Gasteiger partial charge in [0.25, 0.3) is 0 Å². The Hall–Kier alpha value is -3.46. The molecule has 1 N–H and O–H groups in total. The highest BCUT2D eigenvalue weighted by Gasteiger charge is 2.14. The predicted molar refractivity (Wildman–Crippen MR) is 101 cm³/mol. The van der Waals surface area contributed by atoms with Crippen LogP contribution in [0.2, 0.25) is 0 Å². The maximum Gasteiger partial charge on any atom is 0.348 e. The van der Waals surface area contributed by atoms with Gasteiger partial charge in [-0.2, -0.15) is 14.9 Å². The van der Waals surface area contributed by atoms with Gasteiger partial charge in [0, 0.05) is 17.7 Å². The van der Waals surface area contributed by atoms with Gasteiger partial charge in [-0.15, -0.1) is 0 Å². The normalized spacial score (nSPS) is 11.6. The summed E-state index contributed by atoms with van der Waals surface area (Å²) in [5, 5.41) is 12.0. The Labute approximate surface area is 155 Å². The van der Waals surface area contributed by atoms with Crippen LogP contribution in [0.25, 0.3) is 16.6 Å². The number of benzene rings is 2. The van der Waals surface area contributed by atoms with Crippen LogP contribution < -0.4 is 5.32 Å². The van der Waals surface area contributed by atoms with Gasteiger partial charge in [-0.05, 0) is 30.3 Å². The molecule has 8 nitrogen and oxygen atoms in total. The van der Waals surface area contributed by atoms with E-state index in [-0.39, 0.29) is 4.90 Å². The van der Waals surface area contributed by atoms with Crippen molar-refractivity contribution in [3.05, 3.63) is 67.0 Å². The van der Waals surface area contributed by atoms with Crippen LogP contribution >= 0.6 is 0 Å². The Morgan fingerprint density at radius 2 is 1.74 bits per heavy atom. The Morgan fingerprint density at radius 1 is 1.00 bits per heavy atom. The van der Waals surface area contributed by atoms with Crippen LogP contribution in [-0.2, 0) is 9.84 Å². The standard InChI is InChI=1S/C18H15N5O3S/c1-27(25,26)15-8-6-14(7-9-15)22-17(10-11-19-22)21-18(24)23-16-5-3-2-4-13(16)12-20-23/h2-12H,1H3,(H,21,24). The highest BCUT2D eigenvalue weighted by atomic mass is 32.2. The molecule has 0 unspecified atom stereocenters. The second-order valence-corrected chi connectivity index (χ2v) is 7.96. The van der Waals surface area contributed by atoms with Crippen LogP contribution in [0.4, 0.5) is 10.6 Å². The van der Waals surface area contributed by atoms with Gasteiger partial charge < -0.3 is 0 Å². The zero-order chi connectivity index (χ0) is 19.0. The zero-order valence-corrected chi connectivity index (χ0v) is 15.1. The van der Waals surface area contributed by atoms with Crippen molar-refractivity contribution in [3.63, 3.8) is 0 Å². The van der Waals surface area contributed by atoms with E-state index < -0.39 is 15.9 Å². The van der Waals surface area contributed by atoms with Crippen molar-refractivity contribution in [2.24, 2.45) is 0 Å². The second kappa shape index (κ2) is 6.36. The van der Waals surface area contributed by atoms with Crippen LogP contribution in [0, 0.1) is 0 Å². The first-order valence-electron chi connectivity index (χ1n) is 8.02. The fraction of sp³-hybridized carbons (Fsp3) is 0.0556. The second-order valence-electron chi connectivity index (χ2n) is 5.94. The van der Waals surface area contributed by atoms with E-state index in [1.54, 1.807) is 30.6 Å². The molecule has 9 heteroatoms. The van der Waals surface area contributed by atoms with Crippen molar-refractivity contribution in [1.29, 1.82) is 0 Å². The van der Waals surface area contributed by atoms with Crippen molar-refractivity contribution in [3.8, 4) is 5.69 Å². The number of nitrogens with zero attached hydrogens (tertiary/aromatic N) is 4. The van der Waals surface area contributed by atoms with Crippen LogP contribution in [0.15, 0.2) is 71.9 Å². The summed E-state index contributed by atoms with van der Waals surface area (Å²) in [6.07, 6.45) is 4.31. The fourth-order valence-corrected chi connectivity index (χ4v) is 3.36. The molecule has 0 aliphatic carbocycles. The van der Waals surface area contributed by atoms with E-state index in [9.17, 15) is 13.2 Å². The first kappa shape index (κ1) is 17.0. The summed E-state index contributed by atoms with van der Waals surface area (Å²) < 4.78 is 26.0. The molecule has 0 radical (unpaired) electrons.